The Balaban J connectivity index is 2.43. The predicted octanol–water partition coefficient (Wildman–Crippen LogP) is 2.76. The van der Waals surface area contributed by atoms with Gasteiger partial charge in [0.05, 0.1) is 0 Å². The molecule has 58 valence electrons. The topological polar surface area (TPSA) is 0 Å². The molecule has 0 spiro atoms. The van der Waals surface area contributed by atoms with Crippen LogP contribution in [0.25, 0.3) is 0 Å². The van der Waals surface area contributed by atoms with Gasteiger partial charge in [-0.1, -0.05) is 0 Å². The summed E-state index contributed by atoms with van der Waals surface area (Å²) in [5.74, 6) is 0. The first kappa shape index (κ1) is 8.51. The van der Waals surface area contributed by atoms with Crippen molar-refractivity contribution >= 4 is 21.0 Å². The molecule has 0 atom stereocenters. The van der Waals surface area contributed by atoms with Gasteiger partial charge in [-0.2, -0.15) is 0 Å². The zero-order chi connectivity index (χ0) is 7.23. The number of hydrogen-bond acceptors (Lipinski definition) is 2. The Hall–Kier alpha value is 0.414. The van der Waals surface area contributed by atoms with Crippen LogP contribution in [-0.2, 0) is 18.7 Å². The Bertz CT molecular complexity index is 176. The summed E-state index contributed by atoms with van der Waals surface area (Å²) in [7, 11) is 1.53. The van der Waals surface area contributed by atoms with Gasteiger partial charge in [-0.3, -0.25) is 0 Å². The molecule has 0 radical (unpaired) electrons. The third-order valence-electron chi connectivity index (χ3n) is 1.06. The molecule has 0 unspecified atom stereocenters. The number of thiol groups is 1. The molecular formula is C7H8NiS2. The summed E-state index contributed by atoms with van der Waals surface area (Å²) in [4.78, 5) is 0. The van der Waals surface area contributed by atoms with Gasteiger partial charge in [0, 0.05) is 0 Å². The second-order valence-corrected chi connectivity index (χ2v) is 5.22. The van der Waals surface area contributed by atoms with E-state index >= 15 is 0 Å². The van der Waals surface area contributed by atoms with E-state index in [1.54, 1.807) is 13.3 Å². The Morgan fingerprint density at radius 2 is 2.00 bits per heavy atom. The van der Waals surface area contributed by atoms with Gasteiger partial charge < -0.3 is 0 Å². The number of hydrogen-bond donors (Lipinski definition) is 1. The third kappa shape index (κ3) is 3.00. The molecule has 10 heavy (non-hydrogen) atoms. The molecule has 0 amide bonds. The molecule has 0 heterocycles. The minimum atomic E-state index is 1.06. The molecule has 0 fully saturated rings. The summed E-state index contributed by atoms with van der Waals surface area (Å²) in [5, 5.41) is 1.06. The number of rotatable bonds is 3. The molecule has 3 heteroatoms. The quantitative estimate of drug-likeness (QED) is 0.459. The van der Waals surface area contributed by atoms with Crippen molar-refractivity contribution in [2.24, 2.45) is 0 Å². The van der Waals surface area contributed by atoms with Crippen molar-refractivity contribution in [1.29, 1.82) is 0 Å². The van der Waals surface area contributed by atoms with Crippen LogP contribution in [0.5, 0.6) is 0 Å². The third-order valence-corrected chi connectivity index (χ3v) is 3.45. The molecular weight excluding hydrogens is 207 g/mol. The first-order valence-electron chi connectivity index (χ1n) is 2.80. The van der Waals surface area contributed by atoms with Crippen LogP contribution in [0.15, 0.2) is 30.3 Å². The van der Waals surface area contributed by atoms with Crippen molar-refractivity contribution in [1.82, 2.24) is 0 Å². The summed E-state index contributed by atoms with van der Waals surface area (Å²) in [6, 6.07) is 10.4. The summed E-state index contributed by atoms with van der Waals surface area (Å²) < 4.78 is 0. The van der Waals surface area contributed by atoms with Crippen LogP contribution in [0, 0.1) is 0 Å². The molecule has 0 aliphatic carbocycles. The second-order valence-electron chi connectivity index (χ2n) is 1.75. The SMILES string of the molecule is S[S][Ni][CH2]c1ccccc1. The van der Waals surface area contributed by atoms with Crippen molar-refractivity contribution in [3.8, 4) is 0 Å². The predicted molar refractivity (Wildman–Crippen MR) is 46.7 cm³/mol. The van der Waals surface area contributed by atoms with E-state index in [0.29, 0.717) is 0 Å². The fraction of sp³-hybridized carbons (Fsp3) is 0.143. The summed E-state index contributed by atoms with van der Waals surface area (Å²) in [5.41, 5.74) is 1.36. The molecule has 0 aromatic heterocycles. The summed E-state index contributed by atoms with van der Waals surface area (Å²) in [6.07, 6.45) is 0. The Kier molecular flexibility index (Phi) is 4.35. The zero-order valence-corrected chi connectivity index (χ0v) is 7.96. The van der Waals surface area contributed by atoms with Crippen molar-refractivity contribution in [2.45, 2.75) is 5.39 Å². The van der Waals surface area contributed by atoms with Crippen LogP contribution >= 0.6 is 21.0 Å². The minimum absolute atomic E-state index is 1.06. The van der Waals surface area contributed by atoms with Gasteiger partial charge in [0.25, 0.3) is 0 Å². The van der Waals surface area contributed by atoms with E-state index in [2.05, 4.69) is 35.9 Å². The Labute approximate surface area is 75.5 Å². The monoisotopic (exact) mass is 214 g/mol. The summed E-state index contributed by atoms with van der Waals surface area (Å²) >= 11 is 5.62. The van der Waals surface area contributed by atoms with Crippen LogP contribution in [-0.4, -0.2) is 0 Å². The maximum atomic E-state index is 4.04. The van der Waals surface area contributed by atoms with Crippen LogP contribution in [0.2, 0.25) is 0 Å². The standard InChI is InChI=1S/C7H7.Ni.H2S2/c1-7-5-3-2-4-6-7;;1-2/h2-6H,1H2;;1-2H/q;+1;/p-1. The molecule has 0 bridgehead atoms. The van der Waals surface area contributed by atoms with Crippen LogP contribution < -0.4 is 0 Å². The van der Waals surface area contributed by atoms with Gasteiger partial charge in [0.2, 0.25) is 0 Å². The summed E-state index contributed by atoms with van der Waals surface area (Å²) in [6.45, 7) is 0. The number of benzene rings is 1. The van der Waals surface area contributed by atoms with Gasteiger partial charge in [0.15, 0.2) is 0 Å². The van der Waals surface area contributed by atoms with Crippen molar-refractivity contribution in [3.05, 3.63) is 35.9 Å². The maximum absolute atomic E-state index is 4.04. The van der Waals surface area contributed by atoms with E-state index in [0.717, 1.165) is 5.39 Å². The molecule has 1 aromatic rings. The van der Waals surface area contributed by atoms with Crippen molar-refractivity contribution < 1.29 is 13.3 Å². The fourth-order valence-electron chi connectivity index (χ4n) is 0.626. The van der Waals surface area contributed by atoms with E-state index in [4.69, 9.17) is 0 Å². The van der Waals surface area contributed by atoms with E-state index in [1.165, 1.54) is 14.9 Å². The first-order valence-corrected chi connectivity index (χ1v) is 6.43. The first-order chi connectivity index (χ1) is 4.93. The zero-order valence-electron chi connectivity index (χ0n) is 5.27. The van der Waals surface area contributed by atoms with E-state index in [1.807, 2.05) is 6.07 Å². The van der Waals surface area contributed by atoms with Gasteiger partial charge >= 0.3 is 75.6 Å². The van der Waals surface area contributed by atoms with Gasteiger partial charge in [0.1, 0.15) is 0 Å². The van der Waals surface area contributed by atoms with Crippen LogP contribution in [0.3, 0.4) is 0 Å². The van der Waals surface area contributed by atoms with E-state index in [-0.39, 0.29) is 0 Å². The van der Waals surface area contributed by atoms with Crippen LogP contribution in [0.1, 0.15) is 5.56 Å². The van der Waals surface area contributed by atoms with Crippen LogP contribution in [0.4, 0.5) is 0 Å². The van der Waals surface area contributed by atoms with E-state index in [9.17, 15) is 0 Å². The second kappa shape index (κ2) is 5.12. The molecule has 0 saturated heterocycles. The molecule has 0 saturated carbocycles. The molecule has 0 N–H and O–H groups in total. The molecule has 0 aliphatic heterocycles. The van der Waals surface area contributed by atoms with Crippen molar-refractivity contribution in [2.75, 3.05) is 0 Å². The van der Waals surface area contributed by atoms with Gasteiger partial charge in [-0.25, -0.2) is 0 Å². The fourth-order valence-corrected chi connectivity index (χ4v) is 2.19. The molecule has 1 rings (SSSR count). The average molecular weight is 215 g/mol. The Morgan fingerprint density at radius 3 is 2.60 bits per heavy atom. The molecule has 0 aliphatic rings. The molecule has 0 nitrogen and oxygen atoms in total. The van der Waals surface area contributed by atoms with E-state index < -0.39 is 0 Å². The van der Waals surface area contributed by atoms with Gasteiger partial charge in [-0.05, 0) is 0 Å². The van der Waals surface area contributed by atoms with Crippen molar-refractivity contribution in [3.63, 3.8) is 0 Å². The Morgan fingerprint density at radius 1 is 1.30 bits per heavy atom. The normalized spacial score (nSPS) is 10.1. The average Bonchev–Trinajstić information content (AvgIpc) is 2.03. The molecule has 1 aromatic carbocycles. The van der Waals surface area contributed by atoms with Gasteiger partial charge in [-0.15, -0.1) is 0 Å².